The quantitative estimate of drug-likeness (QED) is 0.688. The molecule has 0 spiro atoms. The molecule has 1 atom stereocenters. The fourth-order valence-electron chi connectivity index (χ4n) is 2.44. The fraction of sp³-hybridized carbons (Fsp3) is 0.529. The molecule has 0 aromatic carbocycles. The Morgan fingerprint density at radius 1 is 1.38 bits per heavy atom. The molecule has 0 saturated heterocycles. The number of aryl methyl sites for hydroxylation is 1. The second-order valence-corrected chi connectivity index (χ2v) is 5.54. The van der Waals surface area contributed by atoms with Gasteiger partial charge < -0.3 is 9.47 Å². The van der Waals surface area contributed by atoms with E-state index in [-0.39, 0.29) is 0 Å². The van der Waals surface area contributed by atoms with Gasteiger partial charge in [-0.1, -0.05) is 37.8 Å². The van der Waals surface area contributed by atoms with Gasteiger partial charge in [0.15, 0.2) is 0 Å². The minimum absolute atomic E-state index is 0.400. The lowest BCUT2D eigenvalue weighted by Crippen LogP contribution is -2.23. The molecule has 0 saturated carbocycles. The first-order valence-corrected chi connectivity index (χ1v) is 7.52. The van der Waals surface area contributed by atoms with Crippen molar-refractivity contribution in [1.82, 2.24) is 19.7 Å². The van der Waals surface area contributed by atoms with Crippen LogP contribution in [0.2, 0.25) is 0 Å². The van der Waals surface area contributed by atoms with Crippen LogP contribution in [0.3, 0.4) is 0 Å². The molecule has 1 heterocycles. The van der Waals surface area contributed by atoms with Crippen molar-refractivity contribution in [2.45, 2.75) is 39.7 Å². The Kier molecular flexibility index (Phi) is 7.09. The number of hydrogen-bond donors (Lipinski definition) is 0. The summed E-state index contributed by atoms with van der Waals surface area (Å²) in [7, 11) is 4.19. The van der Waals surface area contributed by atoms with Gasteiger partial charge in [-0.25, -0.2) is 0 Å². The highest BCUT2D eigenvalue weighted by Crippen LogP contribution is 2.20. The summed E-state index contributed by atoms with van der Waals surface area (Å²) in [6.45, 7) is 11.8. The SMILES string of the molecule is C=C/C=C(\C=C/C)Cn1c(C)nnc1C(CC)CN(C)C. The van der Waals surface area contributed by atoms with E-state index in [0.29, 0.717) is 5.92 Å². The molecular weight excluding hydrogens is 260 g/mol. The highest BCUT2D eigenvalue weighted by Gasteiger charge is 2.19. The van der Waals surface area contributed by atoms with Crippen LogP contribution in [0, 0.1) is 6.92 Å². The normalized spacial score (nSPS) is 14.1. The highest BCUT2D eigenvalue weighted by molar-refractivity contribution is 5.23. The fourth-order valence-corrected chi connectivity index (χ4v) is 2.44. The Morgan fingerprint density at radius 2 is 2.10 bits per heavy atom. The Hall–Kier alpha value is -1.68. The van der Waals surface area contributed by atoms with E-state index in [1.165, 1.54) is 5.57 Å². The zero-order chi connectivity index (χ0) is 15.8. The summed E-state index contributed by atoms with van der Waals surface area (Å²) in [6.07, 6.45) is 9.08. The predicted molar refractivity (Wildman–Crippen MR) is 89.4 cm³/mol. The summed E-state index contributed by atoms with van der Waals surface area (Å²) < 4.78 is 2.22. The molecule has 0 aliphatic carbocycles. The van der Waals surface area contributed by atoms with E-state index in [1.807, 2.05) is 32.1 Å². The molecule has 0 amide bonds. The molecular formula is C17H28N4. The maximum atomic E-state index is 4.42. The largest absolute Gasteiger partial charge is 0.310 e. The first kappa shape index (κ1) is 17.4. The lowest BCUT2D eigenvalue weighted by atomic mass is 10.0. The molecule has 1 unspecified atom stereocenters. The standard InChI is InChI=1S/C17H28N4/c1-7-10-15(11-8-2)12-21-14(4)18-19-17(21)16(9-3)13-20(5)6/h7-8,10-11,16H,1,9,12-13H2,2-6H3/b11-8-,15-10+. The van der Waals surface area contributed by atoms with Crippen LogP contribution in [0.5, 0.6) is 0 Å². The van der Waals surface area contributed by atoms with Crippen LogP contribution in [0.1, 0.15) is 37.8 Å². The predicted octanol–water partition coefficient (Wildman–Crippen LogP) is 3.33. The van der Waals surface area contributed by atoms with Crippen LogP contribution in [0.25, 0.3) is 0 Å². The van der Waals surface area contributed by atoms with E-state index in [4.69, 9.17) is 0 Å². The van der Waals surface area contributed by atoms with Gasteiger partial charge in [-0.15, -0.1) is 10.2 Å². The van der Waals surface area contributed by atoms with Gasteiger partial charge in [-0.05, 0) is 39.9 Å². The van der Waals surface area contributed by atoms with Crippen molar-refractivity contribution in [3.8, 4) is 0 Å². The second kappa shape index (κ2) is 8.57. The lowest BCUT2D eigenvalue weighted by molar-refractivity contribution is 0.356. The molecule has 0 aliphatic heterocycles. The first-order valence-electron chi connectivity index (χ1n) is 7.52. The molecule has 4 heteroatoms. The minimum atomic E-state index is 0.400. The van der Waals surface area contributed by atoms with Crippen LogP contribution < -0.4 is 0 Å². The van der Waals surface area contributed by atoms with E-state index in [1.54, 1.807) is 0 Å². The molecule has 0 aliphatic rings. The van der Waals surface area contributed by atoms with Crippen LogP contribution in [0.4, 0.5) is 0 Å². The Bertz CT molecular complexity index is 509. The minimum Gasteiger partial charge on any atom is -0.310 e. The van der Waals surface area contributed by atoms with Crippen LogP contribution in [0.15, 0.2) is 36.5 Å². The summed E-state index contributed by atoms with van der Waals surface area (Å²) in [5.41, 5.74) is 1.20. The van der Waals surface area contributed by atoms with Crippen molar-refractivity contribution in [1.29, 1.82) is 0 Å². The van der Waals surface area contributed by atoms with Gasteiger partial charge >= 0.3 is 0 Å². The molecule has 1 aromatic heterocycles. The number of likely N-dealkylation sites (N-methyl/N-ethyl adjacent to an activating group) is 1. The summed E-state index contributed by atoms with van der Waals surface area (Å²) in [5.74, 6) is 2.43. The molecule has 0 N–H and O–H groups in total. The van der Waals surface area contributed by atoms with Gasteiger partial charge in [0, 0.05) is 12.5 Å². The van der Waals surface area contributed by atoms with Gasteiger partial charge in [0.05, 0.1) is 6.54 Å². The van der Waals surface area contributed by atoms with Crippen LogP contribution in [-0.2, 0) is 6.54 Å². The molecule has 21 heavy (non-hydrogen) atoms. The molecule has 0 fully saturated rings. The Morgan fingerprint density at radius 3 is 2.62 bits per heavy atom. The maximum absolute atomic E-state index is 4.42. The smallest absolute Gasteiger partial charge is 0.137 e. The first-order chi connectivity index (χ1) is 10.0. The average molecular weight is 288 g/mol. The summed E-state index contributed by atoms with van der Waals surface area (Å²) in [5, 5.41) is 8.71. The third kappa shape index (κ3) is 4.97. The number of nitrogens with zero attached hydrogens (tertiary/aromatic N) is 4. The second-order valence-electron chi connectivity index (χ2n) is 5.54. The average Bonchev–Trinajstić information content (AvgIpc) is 2.78. The summed E-state index contributed by atoms with van der Waals surface area (Å²) >= 11 is 0. The van der Waals surface area contributed by atoms with Crippen LogP contribution in [-0.4, -0.2) is 40.3 Å². The van der Waals surface area contributed by atoms with Gasteiger partial charge in [0.2, 0.25) is 0 Å². The molecule has 1 rings (SSSR count). The molecule has 0 radical (unpaired) electrons. The van der Waals surface area contributed by atoms with E-state index in [2.05, 4.69) is 53.3 Å². The Labute approximate surface area is 128 Å². The zero-order valence-corrected chi connectivity index (χ0v) is 14.0. The zero-order valence-electron chi connectivity index (χ0n) is 14.0. The molecule has 4 nitrogen and oxygen atoms in total. The number of hydrogen-bond acceptors (Lipinski definition) is 3. The lowest BCUT2D eigenvalue weighted by Gasteiger charge is -2.20. The number of rotatable bonds is 8. The highest BCUT2D eigenvalue weighted by atomic mass is 15.3. The molecule has 116 valence electrons. The topological polar surface area (TPSA) is 34.0 Å². The van der Waals surface area contributed by atoms with E-state index in [9.17, 15) is 0 Å². The molecule has 0 bridgehead atoms. The molecule has 1 aromatic rings. The van der Waals surface area contributed by atoms with Crippen LogP contribution >= 0.6 is 0 Å². The summed E-state index contributed by atoms with van der Waals surface area (Å²) in [4.78, 5) is 2.20. The summed E-state index contributed by atoms with van der Waals surface area (Å²) in [6, 6.07) is 0. The number of aromatic nitrogens is 3. The van der Waals surface area contributed by atoms with Gasteiger partial charge in [0.25, 0.3) is 0 Å². The maximum Gasteiger partial charge on any atom is 0.137 e. The third-order valence-electron chi connectivity index (χ3n) is 3.46. The Balaban J connectivity index is 3.09. The van der Waals surface area contributed by atoms with Crippen molar-refractivity contribution in [2.75, 3.05) is 20.6 Å². The number of allylic oxidation sites excluding steroid dienone is 5. The monoisotopic (exact) mass is 288 g/mol. The van der Waals surface area contributed by atoms with Crippen molar-refractivity contribution < 1.29 is 0 Å². The van der Waals surface area contributed by atoms with E-state index in [0.717, 1.165) is 31.2 Å². The third-order valence-corrected chi connectivity index (χ3v) is 3.46. The van der Waals surface area contributed by atoms with Crippen molar-refractivity contribution in [3.05, 3.63) is 48.1 Å². The van der Waals surface area contributed by atoms with Crippen molar-refractivity contribution in [2.24, 2.45) is 0 Å². The van der Waals surface area contributed by atoms with Crippen molar-refractivity contribution >= 4 is 0 Å². The van der Waals surface area contributed by atoms with Gasteiger partial charge in [-0.2, -0.15) is 0 Å². The van der Waals surface area contributed by atoms with Gasteiger partial charge in [-0.3, -0.25) is 0 Å². The van der Waals surface area contributed by atoms with E-state index >= 15 is 0 Å². The van der Waals surface area contributed by atoms with E-state index < -0.39 is 0 Å². The van der Waals surface area contributed by atoms with Crippen molar-refractivity contribution in [3.63, 3.8) is 0 Å². The van der Waals surface area contributed by atoms with Gasteiger partial charge in [0.1, 0.15) is 11.6 Å².